The van der Waals surface area contributed by atoms with E-state index < -0.39 is 0 Å². The second-order valence-electron chi connectivity index (χ2n) is 6.12. The summed E-state index contributed by atoms with van der Waals surface area (Å²) in [5.74, 6) is 2.39. The van der Waals surface area contributed by atoms with E-state index in [1.165, 1.54) is 0 Å². The molecule has 1 atom stereocenters. The average Bonchev–Trinajstić information content (AvgIpc) is 2.69. The lowest BCUT2D eigenvalue weighted by Crippen LogP contribution is -2.38. The third kappa shape index (κ3) is 4.00. The molecule has 0 unspecified atom stereocenters. The van der Waals surface area contributed by atoms with Gasteiger partial charge in [0.2, 0.25) is 5.95 Å². The van der Waals surface area contributed by atoms with Crippen molar-refractivity contribution in [1.29, 1.82) is 0 Å². The predicted octanol–water partition coefficient (Wildman–Crippen LogP) is 1.24. The Morgan fingerprint density at radius 2 is 1.84 bits per heavy atom. The molecular formula is C18H22N4O3. The predicted molar refractivity (Wildman–Crippen MR) is 93.1 cm³/mol. The van der Waals surface area contributed by atoms with Crippen LogP contribution in [0, 0.1) is 0 Å². The van der Waals surface area contributed by atoms with Gasteiger partial charge in [-0.25, -0.2) is 9.97 Å². The van der Waals surface area contributed by atoms with Gasteiger partial charge in [-0.3, -0.25) is 0 Å². The third-order valence-corrected chi connectivity index (χ3v) is 4.25. The maximum atomic E-state index is 5.93. The number of benzene rings is 1. The standard InChI is InChI=1S/C18H22N4O3/c1-2-4-17-16(3-1)24-13-15(25-17)12-19-9-14-10-20-18(21-11-14)22-5-7-23-8-6-22/h1-4,10-11,15,19H,5-9,12-13H2/t15-/m0/s1. The van der Waals surface area contributed by atoms with Gasteiger partial charge in [0.15, 0.2) is 11.5 Å². The Bertz CT molecular complexity index is 689. The van der Waals surface area contributed by atoms with Crippen molar-refractivity contribution in [2.75, 3.05) is 44.4 Å². The first-order valence-electron chi connectivity index (χ1n) is 8.61. The van der Waals surface area contributed by atoms with E-state index in [0.29, 0.717) is 19.7 Å². The topological polar surface area (TPSA) is 68.7 Å². The van der Waals surface area contributed by atoms with E-state index in [1.807, 2.05) is 36.7 Å². The summed E-state index contributed by atoms with van der Waals surface area (Å²) in [4.78, 5) is 11.1. The summed E-state index contributed by atoms with van der Waals surface area (Å²) in [5, 5.41) is 3.38. The molecule has 0 radical (unpaired) electrons. The van der Waals surface area contributed by atoms with Crippen molar-refractivity contribution < 1.29 is 14.2 Å². The summed E-state index contributed by atoms with van der Waals surface area (Å²) < 4.78 is 17.0. The molecule has 1 aromatic heterocycles. The van der Waals surface area contributed by atoms with Crippen LogP contribution < -0.4 is 19.7 Å². The number of hydrogen-bond acceptors (Lipinski definition) is 7. The summed E-state index contributed by atoms with van der Waals surface area (Å²) in [6.45, 7) is 5.12. The van der Waals surface area contributed by atoms with Crippen molar-refractivity contribution in [3.63, 3.8) is 0 Å². The highest BCUT2D eigenvalue weighted by Crippen LogP contribution is 2.30. The summed E-state index contributed by atoms with van der Waals surface area (Å²) in [5.41, 5.74) is 1.05. The highest BCUT2D eigenvalue weighted by Gasteiger charge is 2.20. The van der Waals surface area contributed by atoms with E-state index in [0.717, 1.165) is 49.3 Å². The number of para-hydroxylation sites is 2. The van der Waals surface area contributed by atoms with Crippen molar-refractivity contribution in [2.24, 2.45) is 0 Å². The van der Waals surface area contributed by atoms with Crippen LogP contribution in [0.3, 0.4) is 0 Å². The molecule has 3 heterocycles. The van der Waals surface area contributed by atoms with Crippen LogP contribution in [0.15, 0.2) is 36.7 Å². The summed E-state index contributed by atoms with van der Waals surface area (Å²) in [7, 11) is 0. The summed E-state index contributed by atoms with van der Waals surface area (Å²) in [6, 6.07) is 7.75. The number of anilines is 1. The van der Waals surface area contributed by atoms with Crippen molar-refractivity contribution >= 4 is 5.95 Å². The zero-order valence-electron chi connectivity index (χ0n) is 14.1. The molecule has 0 bridgehead atoms. The SMILES string of the molecule is c1ccc2c(c1)OC[C@H](CNCc1cnc(N3CCOCC3)nc1)O2. The van der Waals surface area contributed by atoms with Crippen LogP contribution in [-0.4, -0.2) is 55.5 Å². The number of nitrogens with one attached hydrogen (secondary N) is 1. The zero-order chi connectivity index (χ0) is 16.9. The molecular weight excluding hydrogens is 320 g/mol. The van der Waals surface area contributed by atoms with Crippen molar-refractivity contribution in [3.8, 4) is 11.5 Å². The highest BCUT2D eigenvalue weighted by atomic mass is 16.6. The van der Waals surface area contributed by atoms with Crippen LogP contribution in [0.4, 0.5) is 5.95 Å². The Morgan fingerprint density at radius 1 is 1.08 bits per heavy atom. The van der Waals surface area contributed by atoms with Gasteiger partial charge in [0, 0.05) is 44.1 Å². The normalized spacial score (nSPS) is 19.7. The molecule has 0 saturated carbocycles. The van der Waals surface area contributed by atoms with E-state index in [9.17, 15) is 0 Å². The van der Waals surface area contributed by atoms with Crippen molar-refractivity contribution in [3.05, 3.63) is 42.2 Å². The minimum absolute atomic E-state index is 0.00319. The maximum absolute atomic E-state index is 5.93. The Hall–Kier alpha value is -2.38. The minimum atomic E-state index is 0.00319. The molecule has 0 amide bonds. The van der Waals surface area contributed by atoms with Crippen molar-refractivity contribution in [1.82, 2.24) is 15.3 Å². The summed E-state index contributed by atoms with van der Waals surface area (Å²) >= 11 is 0. The molecule has 7 heteroatoms. The molecule has 132 valence electrons. The van der Waals surface area contributed by atoms with Crippen LogP contribution in [0.25, 0.3) is 0 Å². The fourth-order valence-corrected chi connectivity index (χ4v) is 2.91. The molecule has 0 aliphatic carbocycles. The van der Waals surface area contributed by atoms with Gasteiger partial charge in [-0.2, -0.15) is 0 Å². The van der Waals surface area contributed by atoms with Gasteiger partial charge in [-0.05, 0) is 12.1 Å². The Labute approximate surface area is 146 Å². The number of hydrogen-bond donors (Lipinski definition) is 1. The van der Waals surface area contributed by atoms with Gasteiger partial charge in [0.1, 0.15) is 12.7 Å². The molecule has 1 fully saturated rings. The molecule has 1 N–H and O–H groups in total. The van der Waals surface area contributed by atoms with E-state index in [-0.39, 0.29) is 6.10 Å². The first kappa shape index (κ1) is 16.1. The highest BCUT2D eigenvalue weighted by molar-refractivity contribution is 5.40. The van der Waals surface area contributed by atoms with E-state index >= 15 is 0 Å². The van der Waals surface area contributed by atoms with E-state index in [1.54, 1.807) is 0 Å². The Kier molecular flexibility index (Phi) is 4.94. The van der Waals surface area contributed by atoms with Gasteiger partial charge < -0.3 is 24.4 Å². The molecule has 2 aliphatic rings. The fraction of sp³-hybridized carbons (Fsp3) is 0.444. The van der Waals surface area contributed by atoms with Gasteiger partial charge in [-0.15, -0.1) is 0 Å². The van der Waals surface area contributed by atoms with Gasteiger partial charge in [0.05, 0.1) is 13.2 Å². The first-order valence-corrected chi connectivity index (χ1v) is 8.61. The molecule has 7 nitrogen and oxygen atoms in total. The van der Waals surface area contributed by atoms with E-state index in [2.05, 4.69) is 20.2 Å². The van der Waals surface area contributed by atoms with Gasteiger partial charge in [0.25, 0.3) is 0 Å². The van der Waals surface area contributed by atoms with Crippen LogP contribution in [0.2, 0.25) is 0 Å². The summed E-state index contributed by atoms with van der Waals surface area (Å²) in [6.07, 6.45) is 3.75. The molecule has 1 saturated heterocycles. The molecule has 0 spiro atoms. The fourth-order valence-electron chi connectivity index (χ4n) is 2.91. The van der Waals surface area contributed by atoms with Crippen LogP contribution in [0.1, 0.15) is 5.56 Å². The quantitative estimate of drug-likeness (QED) is 0.877. The van der Waals surface area contributed by atoms with Crippen LogP contribution >= 0.6 is 0 Å². The molecule has 2 aliphatic heterocycles. The zero-order valence-corrected chi connectivity index (χ0v) is 14.1. The molecule has 25 heavy (non-hydrogen) atoms. The number of morpholine rings is 1. The molecule has 4 rings (SSSR count). The average molecular weight is 342 g/mol. The lowest BCUT2D eigenvalue weighted by Gasteiger charge is -2.27. The second-order valence-corrected chi connectivity index (χ2v) is 6.12. The third-order valence-electron chi connectivity index (χ3n) is 4.25. The van der Waals surface area contributed by atoms with Crippen LogP contribution in [0.5, 0.6) is 11.5 Å². The van der Waals surface area contributed by atoms with Crippen LogP contribution in [-0.2, 0) is 11.3 Å². The Morgan fingerprint density at radius 3 is 2.64 bits per heavy atom. The van der Waals surface area contributed by atoms with Gasteiger partial charge in [-0.1, -0.05) is 12.1 Å². The minimum Gasteiger partial charge on any atom is -0.486 e. The molecule has 1 aromatic carbocycles. The largest absolute Gasteiger partial charge is 0.486 e. The number of nitrogens with zero attached hydrogens (tertiary/aromatic N) is 3. The number of aromatic nitrogens is 2. The molecule has 2 aromatic rings. The van der Waals surface area contributed by atoms with Crippen molar-refractivity contribution in [2.45, 2.75) is 12.6 Å². The first-order chi connectivity index (χ1) is 12.4. The second kappa shape index (κ2) is 7.67. The number of rotatable bonds is 5. The van der Waals surface area contributed by atoms with E-state index in [4.69, 9.17) is 14.2 Å². The maximum Gasteiger partial charge on any atom is 0.225 e. The number of ether oxygens (including phenoxy) is 3. The number of fused-ring (bicyclic) bond motifs is 1. The lowest BCUT2D eigenvalue weighted by atomic mass is 10.2. The lowest BCUT2D eigenvalue weighted by molar-refractivity contribution is 0.0902. The smallest absolute Gasteiger partial charge is 0.225 e. The monoisotopic (exact) mass is 342 g/mol. The Balaban J connectivity index is 1.25. The van der Waals surface area contributed by atoms with Gasteiger partial charge >= 0.3 is 0 Å².